The monoisotopic (exact) mass is 382 g/mol. The van der Waals surface area contributed by atoms with Crippen LogP contribution in [-0.4, -0.2) is 10.2 Å². The summed E-state index contributed by atoms with van der Waals surface area (Å²) < 4.78 is 11.6. The molecule has 0 radical (unpaired) electrons. The van der Waals surface area contributed by atoms with Crippen molar-refractivity contribution in [2.75, 3.05) is 0 Å². The van der Waals surface area contributed by atoms with Crippen LogP contribution in [0.4, 0.5) is 0 Å². The molecule has 1 aliphatic rings. The molecule has 2 N–H and O–H groups in total. The highest BCUT2D eigenvalue weighted by Gasteiger charge is 2.29. The Hall–Kier alpha value is -3.02. The van der Waals surface area contributed by atoms with E-state index >= 15 is 0 Å². The van der Waals surface area contributed by atoms with Crippen LogP contribution in [0, 0.1) is 0 Å². The number of halogens is 1. The zero-order valence-electron chi connectivity index (χ0n) is 14.1. The number of rotatable bonds is 3. The average molecular weight is 383 g/mol. The second kappa shape index (κ2) is 6.95. The van der Waals surface area contributed by atoms with Crippen molar-refractivity contribution in [2.45, 2.75) is 12.5 Å². The minimum atomic E-state index is -0.606. The fourth-order valence-electron chi connectivity index (χ4n) is 3.05. The second-order valence-corrected chi connectivity index (χ2v) is 6.54. The third-order valence-corrected chi connectivity index (χ3v) is 4.61. The summed E-state index contributed by atoms with van der Waals surface area (Å²) in [5.41, 5.74) is 0.925. The average Bonchev–Trinajstić information content (AvgIpc) is 2.69. The van der Waals surface area contributed by atoms with Crippen LogP contribution in [0.2, 0.25) is 5.02 Å². The lowest BCUT2D eigenvalue weighted by Gasteiger charge is -2.25. The highest BCUT2D eigenvalue weighted by molar-refractivity contribution is 6.30. The van der Waals surface area contributed by atoms with E-state index in [-0.39, 0.29) is 11.5 Å². The first-order chi connectivity index (χ1) is 13.1. The lowest BCUT2D eigenvalue weighted by molar-refractivity contribution is 0.234. The summed E-state index contributed by atoms with van der Waals surface area (Å²) in [7, 11) is 0. The Morgan fingerprint density at radius 2 is 1.81 bits per heavy atom. The van der Waals surface area contributed by atoms with Crippen LogP contribution in [0.1, 0.15) is 28.6 Å². The van der Waals surface area contributed by atoms with E-state index in [2.05, 4.69) is 0 Å². The van der Waals surface area contributed by atoms with Gasteiger partial charge in [0.15, 0.2) is 5.76 Å². The smallest absolute Gasteiger partial charge is 0.227 e. The molecule has 1 aliphatic heterocycles. The van der Waals surface area contributed by atoms with E-state index in [4.69, 9.17) is 20.8 Å². The van der Waals surface area contributed by atoms with Gasteiger partial charge in [-0.2, -0.15) is 0 Å². The van der Waals surface area contributed by atoms with Gasteiger partial charge < -0.3 is 19.4 Å². The van der Waals surface area contributed by atoms with E-state index in [1.165, 1.54) is 0 Å². The van der Waals surface area contributed by atoms with Gasteiger partial charge in [-0.3, -0.25) is 4.79 Å². The molecule has 2 aromatic carbocycles. The molecule has 6 heteroatoms. The third-order valence-electron chi connectivity index (χ3n) is 4.36. The standard InChI is InChI=1S/C21H15ClO5/c22-13-7-5-12(6-8-13)19-10-16(15-3-1-2-4-18(15)27-19)21-20(25)17(24)9-14(11-23)26-21/h1-10,16,23,25H,11H2. The molecular weight excluding hydrogens is 368 g/mol. The molecule has 0 amide bonds. The molecule has 1 atom stereocenters. The van der Waals surface area contributed by atoms with Crippen LogP contribution in [-0.2, 0) is 6.61 Å². The van der Waals surface area contributed by atoms with Crippen LogP contribution in [0.3, 0.4) is 0 Å². The summed E-state index contributed by atoms with van der Waals surface area (Å²) in [6.45, 7) is -0.443. The van der Waals surface area contributed by atoms with Gasteiger partial charge in [-0.15, -0.1) is 0 Å². The van der Waals surface area contributed by atoms with Gasteiger partial charge in [-0.1, -0.05) is 29.8 Å². The minimum absolute atomic E-state index is 0.0637. The second-order valence-electron chi connectivity index (χ2n) is 6.10. The van der Waals surface area contributed by atoms with Gasteiger partial charge in [0.25, 0.3) is 0 Å². The van der Waals surface area contributed by atoms with Crippen molar-refractivity contribution in [1.82, 2.24) is 0 Å². The quantitative estimate of drug-likeness (QED) is 0.714. The third kappa shape index (κ3) is 3.23. The molecule has 0 saturated heterocycles. The molecule has 5 nitrogen and oxygen atoms in total. The maximum Gasteiger partial charge on any atom is 0.227 e. The molecule has 27 heavy (non-hydrogen) atoms. The Labute approximate surface area is 159 Å². The predicted octanol–water partition coefficient (Wildman–Crippen LogP) is 4.06. The number of aromatic hydroxyl groups is 1. The number of benzene rings is 2. The Kier molecular flexibility index (Phi) is 4.48. The van der Waals surface area contributed by atoms with Gasteiger partial charge in [-0.05, 0) is 36.4 Å². The lowest BCUT2D eigenvalue weighted by atomic mass is 9.91. The summed E-state index contributed by atoms with van der Waals surface area (Å²) >= 11 is 5.96. The Morgan fingerprint density at radius 3 is 2.56 bits per heavy atom. The Balaban J connectivity index is 1.91. The number of aliphatic hydroxyl groups excluding tert-OH is 1. The summed E-state index contributed by atoms with van der Waals surface area (Å²) in [6.07, 6.45) is 1.77. The van der Waals surface area contributed by atoms with E-state index in [0.29, 0.717) is 16.5 Å². The van der Waals surface area contributed by atoms with E-state index in [9.17, 15) is 15.0 Å². The fraction of sp³-hybridized carbons (Fsp3) is 0.0952. The highest BCUT2D eigenvalue weighted by Crippen LogP contribution is 2.42. The van der Waals surface area contributed by atoms with Gasteiger partial charge in [0.2, 0.25) is 11.2 Å². The Morgan fingerprint density at radius 1 is 1.07 bits per heavy atom. The summed E-state index contributed by atoms with van der Waals surface area (Å²) in [4.78, 5) is 12.1. The SMILES string of the molecule is O=c1cc(CO)oc(C2C=C(c3ccc(Cl)cc3)Oc3ccccc32)c1O. The van der Waals surface area contributed by atoms with Crippen LogP contribution in [0.25, 0.3) is 5.76 Å². The topological polar surface area (TPSA) is 79.9 Å². The van der Waals surface area contributed by atoms with Gasteiger partial charge in [0.1, 0.15) is 23.9 Å². The first-order valence-corrected chi connectivity index (χ1v) is 8.66. The molecule has 3 aromatic rings. The number of fused-ring (bicyclic) bond motifs is 1. The van der Waals surface area contributed by atoms with E-state index in [0.717, 1.165) is 17.2 Å². The molecule has 1 unspecified atom stereocenters. The van der Waals surface area contributed by atoms with Crippen molar-refractivity contribution >= 4 is 17.4 Å². The zero-order chi connectivity index (χ0) is 19.0. The molecule has 0 saturated carbocycles. The molecule has 0 fully saturated rings. The fourth-order valence-corrected chi connectivity index (χ4v) is 3.18. The van der Waals surface area contributed by atoms with Gasteiger partial charge in [-0.25, -0.2) is 0 Å². The largest absolute Gasteiger partial charge is 0.502 e. The van der Waals surface area contributed by atoms with Crippen molar-refractivity contribution in [2.24, 2.45) is 0 Å². The number of allylic oxidation sites excluding steroid dienone is 1. The molecule has 0 bridgehead atoms. The van der Waals surface area contributed by atoms with E-state index in [1.807, 2.05) is 30.3 Å². The zero-order valence-corrected chi connectivity index (χ0v) is 14.8. The number of aliphatic hydroxyl groups is 1. The Bertz CT molecular complexity index is 1080. The first kappa shape index (κ1) is 17.4. The maximum absolute atomic E-state index is 12.1. The van der Waals surface area contributed by atoms with Crippen molar-refractivity contribution in [1.29, 1.82) is 0 Å². The number of hydrogen-bond donors (Lipinski definition) is 2. The molecule has 136 valence electrons. The van der Waals surface area contributed by atoms with Crippen LogP contribution < -0.4 is 10.2 Å². The summed E-state index contributed by atoms with van der Waals surface area (Å²) in [5, 5.41) is 20.3. The predicted molar refractivity (Wildman–Crippen MR) is 101 cm³/mol. The van der Waals surface area contributed by atoms with E-state index < -0.39 is 23.7 Å². The van der Waals surface area contributed by atoms with E-state index in [1.54, 1.807) is 24.3 Å². The minimum Gasteiger partial charge on any atom is -0.502 e. The molecule has 1 aromatic heterocycles. The van der Waals surface area contributed by atoms with Crippen molar-refractivity contribution in [3.8, 4) is 11.5 Å². The number of para-hydroxylation sites is 1. The molecule has 0 aliphatic carbocycles. The molecule has 2 heterocycles. The van der Waals surface area contributed by atoms with Crippen molar-refractivity contribution in [3.63, 3.8) is 0 Å². The van der Waals surface area contributed by atoms with Crippen molar-refractivity contribution < 1.29 is 19.4 Å². The molecule has 0 spiro atoms. The number of ether oxygens (including phenoxy) is 1. The molecular formula is C21H15ClO5. The highest BCUT2D eigenvalue weighted by atomic mass is 35.5. The summed E-state index contributed by atoms with van der Waals surface area (Å²) in [6, 6.07) is 15.5. The van der Waals surface area contributed by atoms with Crippen LogP contribution in [0.5, 0.6) is 11.5 Å². The number of hydrogen-bond acceptors (Lipinski definition) is 5. The van der Waals surface area contributed by atoms with Crippen LogP contribution >= 0.6 is 11.6 Å². The van der Waals surface area contributed by atoms with Crippen LogP contribution in [0.15, 0.2) is 69.9 Å². The van der Waals surface area contributed by atoms with Gasteiger partial charge in [0.05, 0.1) is 5.92 Å². The van der Waals surface area contributed by atoms with Crippen molar-refractivity contribution in [3.05, 3.63) is 98.6 Å². The van der Waals surface area contributed by atoms with Gasteiger partial charge in [0, 0.05) is 22.2 Å². The maximum atomic E-state index is 12.1. The normalized spacial score (nSPS) is 15.6. The summed E-state index contributed by atoms with van der Waals surface area (Å²) in [5.74, 6) is 0.241. The van der Waals surface area contributed by atoms with Gasteiger partial charge >= 0.3 is 0 Å². The first-order valence-electron chi connectivity index (χ1n) is 8.28. The molecule has 4 rings (SSSR count). The lowest BCUT2D eigenvalue weighted by Crippen LogP contribution is -2.13.